The number of methoxy groups -OCH3 is 1. The molecule has 0 aliphatic heterocycles. The lowest BCUT2D eigenvalue weighted by Crippen LogP contribution is -2.42. The van der Waals surface area contributed by atoms with Crippen molar-refractivity contribution in [3.63, 3.8) is 0 Å². The lowest BCUT2D eigenvalue weighted by molar-refractivity contribution is 0.0594. The van der Waals surface area contributed by atoms with Crippen molar-refractivity contribution in [3.05, 3.63) is 35.1 Å². The summed E-state index contributed by atoms with van der Waals surface area (Å²) in [5, 5.41) is 0. The number of nitrogens with zero attached hydrogens (tertiary/aromatic N) is 1. The van der Waals surface area contributed by atoms with Gasteiger partial charge in [-0.05, 0) is 56.4 Å². The number of amides is 1. The first-order valence-corrected chi connectivity index (χ1v) is 7.10. The molecular weight excluding hydrogens is 257 g/mol. The van der Waals surface area contributed by atoms with Crippen molar-refractivity contribution < 1.29 is 13.9 Å². The minimum atomic E-state index is -0.278. The summed E-state index contributed by atoms with van der Waals surface area (Å²) in [5.74, 6) is 0.280. The molecule has 110 valence electrons. The second-order valence-corrected chi connectivity index (χ2v) is 5.53. The molecule has 1 aromatic rings. The molecule has 3 nitrogen and oxygen atoms in total. The Labute approximate surface area is 119 Å². The van der Waals surface area contributed by atoms with Crippen LogP contribution in [0.25, 0.3) is 0 Å². The minimum Gasteiger partial charge on any atom is -0.383 e. The Hall–Kier alpha value is -1.42. The number of benzene rings is 1. The van der Waals surface area contributed by atoms with Crippen molar-refractivity contribution in [2.75, 3.05) is 20.3 Å². The molecule has 1 atom stereocenters. The van der Waals surface area contributed by atoms with Crippen LogP contribution in [0.15, 0.2) is 18.2 Å². The summed E-state index contributed by atoms with van der Waals surface area (Å²) in [6.45, 7) is 4.85. The molecule has 20 heavy (non-hydrogen) atoms. The van der Waals surface area contributed by atoms with Gasteiger partial charge in [0.05, 0.1) is 6.61 Å². The molecule has 1 aliphatic carbocycles. The second-order valence-electron chi connectivity index (χ2n) is 5.53. The molecule has 1 saturated carbocycles. The molecule has 4 heteroatoms. The standard InChI is InChI=1S/C16H22FNO2/c1-11-10-14(6-7-15(11)17)16(19)18(8-9-20-3)12(2)13-4-5-13/h6-7,10,12-13H,4-5,8-9H2,1-3H3. The smallest absolute Gasteiger partial charge is 0.254 e. The number of carbonyl (C=O) groups excluding carboxylic acids is 1. The van der Waals surface area contributed by atoms with Crippen LogP contribution in [0, 0.1) is 18.7 Å². The van der Waals surface area contributed by atoms with Crippen LogP contribution < -0.4 is 0 Å². The Morgan fingerprint density at radius 1 is 1.50 bits per heavy atom. The van der Waals surface area contributed by atoms with E-state index in [0.29, 0.717) is 30.2 Å². The van der Waals surface area contributed by atoms with Crippen LogP contribution in [0.3, 0.4) is 0 Å². The molecule has 0 heterocycles. The van der Waals surface area contributed by atoms with Crippen LogP contribution in [0.5, 0.6) is 0 Å². The fraction of sp³-hybridized carbons (Fsp3) is 0.562. The summed E-state index contributed by atoms with van der Waals surface area (Å²) in [7, 11) is 1.63. The molecule has 0 N–H and O–H groups in total. The van der Waals surface area contributed by atoms with Gasteiger partial charge in [0, 0.05) is 25.3 Å². The molecule has 0 spiro atoms. The fourth-order valence-corrected chi connectivity index (χ4v) is 2.46. The van der Waals surface area contributed by atoms with Crippen LogP contribution in [-0.4, -0.2) is 37.1 Å². The van der Waals surface area contributed by atoms with E-state index in [9.17, 15) is 9.18 Å². The SMILES string of the molecule is COCCN(C(=O)c1ccc(F)c(C)c1)C(C)C1CC1. The summed E-state index contributed by atoms with van der Waals surface area (Å²) >= 11 is 0. The van der Waals surface area contributed by atoms with E-state index in [1.165, 1.54) is 18.9 Å². The molecule has 0 aromatic heterocycles. The van der Waals surface area contributed by atoms with Gasteiger partial charge >= 0.3 is 0 Å². The summed E-state index contributed by atoms with van der Waals surface area (Å²) in [6, 6.07) is 4.75. The molecule has 1 amide bonds. The molecule has 1 fully saturated rings. The van der Waals surface area contributed by atoms with Crippen molar-refractivity contribution in [3.8, 4) is 0 Å². The number of aryl methyl sites for hydroxylation is 1. The van der Waals surface area contributed by atoms with Crippen LogP contribution in [0.2, 0.25) is 0 Å². The van der Waals surface area contributed by atoms with Gasteiger partial charge in [-0.15, -0.1) is 0 Å². The molecule has 2 rings (SSSR count). The van der Waals surface area contributed by atoms with E-state index in [1.54, 1.807) is 26.2 Å². The van der Waals surface area contributed by atoms with E-state index in [4.69, 9.17) is 4.74 Å². The molecule has 0 saturated heterocycles. The normalized spacial score (nSPS) is 16.0. The van der Waals surface area contributed by atoms with E-state index in [0.717, 1.165) is 0 Å². The molecule has 1 unspecified atom stereocenters. The van der Waals surface area contributed by atoms with Crippen molar-refractivity contribution in [2.45, 2.75) is 32.7 Å². The third kappa shape index (κ3) is 3.37. The summed E-state index contributed by atoms with van der Waals surface area (Å²) in [5.41, 5.74) is 1.05. The highest BCUT2D eigenvalue weighted by atomic mass is 19.1. The van der Waals surface area contributed by atoms with Gasteiger partial charge in [-0.1, -0.05) is 0 Å². The Balaban J connectivity index is 2.17. The average molecular weight is 279 g/mol. The third-order valence-electron chi connectivity index (χ3n) is 4.00. The molecule has 0 radical (unpaired) electrons. The zero-order chi connectivity index (χ0) is 14.7. The summed E-state index contributed by atoms with van der Waals surface area (Å²) in [6.07, 6.45) is 2.36. The van der Waals surface area contributed by atoms with Gasteiger partial charge in [0.15, 0.2) is 0 Å². The van der Waals surface area contributed by atoms with E-state index in [2.05, 4.69) is 6.92 Å². The Morgan fingerprint density at radius 2 is 2.20 bits per heavy atom. The topological polar surface area (TPSA) is 29.5 Å². The van der Waals surface area contributed by atoms with Gasteiger partial charge in [0.25, 0.3) is 5.91 Å². The lowest BCUT2D eigenvalue weighted by Gasteiger charge is -2.29. The quantitative estimate of drug-likeness (QED) is 0.801. The van der Waals surface area contributed by atoms with Crippen molar-refractivity contribution in [1.29, 1.82) is 0 Å². The number of carbonyl (C=O) groups is 1. The van der Waals surface area contributed by atoms with Gasteiger partial charge in [-0.2, -0.15) is 0 Å². The maximum atomic E-state index is 13.3. The van der Waals surface area contributed by atoms with E-state index in [-0.39, 0.29) is 17.8 Å². The predicted molar refractivity (Wildman–Crippen MR) is 76.2 cm³/mol. The van der Waals surface area contributed by atoms with Gasteiger partial charge < -0.3 is 9.64 Å². The minimum absolute atomic E-state index is 0.0375. The highest BCUT2D eigenvalue weighted by Gasteiger charge is 2.34. The number of ether oxygens (including phenoxy) is 1. The largest absolute Gasteiger partial charge is 0.383 e. The Morgan fingerprint density at radius 3 is 2.75 bits per heavy atom. The zero-order valence-corrected chi connectivity index (χ0v) is 12.4. The fourth-order valence-electron chi connectivity index (χ4n) is 2.46. The van der Waals surface area contributed by atoms with Gasteiger partial charge in [0.2, 0.25) is 0 Å². The predicted octanol–water partition coefficient (Wildman–Crippen LogP) is 3.02. The van der Waals surface area contributed by atoms with Crippen LogP contribution in [0.1, 0.15) is 35.7 Å². The zero-order valence-electron chi connectivity index (χ0n) is 12.4. The lowest BCUT2D eigenvalue weighted by atomic mass is 10.1. The van der Waals surface area contributed by atoms with Crippen LogP contribution in [-0.2, 0) is 4.74 Å². The summed E-state index contributed by atoms with van der Waals surface area (Å²) in [4.78, 5) is 14.5. The highest BCUT2D eigenvalue weighted by Crippen LogP contribution is 2.35. The number of hydrogen-bond donors (Lipinski definition) is 0. The first kappa shape index (κ1) is 15.0. The molecule has 1 aromatic carbocycles. The highest BCUT2D eigenvalue weighted by molar-refractivity contribution is 5.94. The first-order chi connectivity index (χ1) is 9.54. The Kier molecular flexibility index (Phi) is 4.76. The third-order valence-corrected chi connectivity index (χ3v) is 4.00. The van der Waals surface area contributed by atoms with Crippen molar-refractivity contribution in [1.82, 2.24) is 4.90 Å². The van der Waals surface area contributed by atoms with Gasteiger partial charge in [-0.25, -0.2) is 4.39 Å². The van der Waals surface area contributed by atoms with E-state index < -0.39 is 0 Å². The van der Waals surface area contributed by atoms with Crippen LogP contribution in [0.4, 0.5) is 4.39 Å². The molecular formula is C16H22FNO2. The Bertz CT molecular complexity index is 485. The maximum Gasteiger partial charge on any atom is 0.254 e. The first-order valence-electron chi connectivity index (χ1n) is 7.10. The van der Waals surface area contributed by atoms with Crippen molar-refractivity contribution in [2.24, 2.45) is 5.92 Å². The van der Waals surface area contributed by atoms with Gasteiger partial charge in [0.1, 0.15) is 5.82 Å². The monoisotopic (exact) mass is 279 g/mol. The summed E-state index contributed by atoms with van der Waals surface area (Å²) < 4.78 is 18.4. The average Bonchev–Trinajstić information content (AvgIpc) is 3.26. The van der Waals surface area contributed by atoms with Gasteiger partial charge in [-0.3, -0.25) is 4.79 Å². The van der Waals surface area contributed by atoms with Crippen molar-refractivity contribution >= 4 is 5.91 Å². The maximum absolute atomic E-state index is 13.3. The van der Waals surface area contributed by atoms with Crippen LogP contribution >= 0.6 is 0 Å². The van der Waals surface area contributed by atoms with E-state index >= 15 is 0 Å². The number of rotatable bonds is 6. The second kappa shape index (κ2) is 6.35. The van der Waals surface area contributed by atoms with E-state index in [1.807, 2.05) is 4.90 Å². The molecule has 0 bridgehead atoms. The number of hydrogen-bond acceptors (Lipinski definition) is 2. The molecule has 1 aliphatic rings. The number of halogens is 1.